The van der Waals surface area contributed by atoms with Gasteiger partial charge in [0.15, 0.2) is 9.84 Å². The average Bonchev–Trinajstić information content (AvgIpc) is 2.31. The lowest BCUT2D eigenvalue weighted by Gasteiger charge is -2.09. The molecule has 0 radical (unpaired) electrons. The van der Waals surface area contributed by atoms with Gasteiger partial charge in [-0.2, -0.15) is 0 Å². The highest BCUT2D eigenvalue weighted by Crippen LogP contribution is 2.20. The molecule has 0 aliphatic heterocycles. The van der Waals surface area contributed by atoms with Gasteiger partial charge in [0.1, 0.15) is 0 Å². The molecule has 1 rings (SSSR count). The summed E-state index contributed by atoms with van der Waals surface area (Å²) in [4.78, 5) is 10.7. The lowest BCUT2D eigenvalue weighted by Crippen LogP contribution is -2.17. The van der Waals surface area contributed by atoms with E-state index in [0.717, 1.165) is 0 Å². The Kier molecular flexibility index (Phi) is 5.88. The summed E-state index contributed by atoms with van der Waals surface area (Å²) in [6.07, 6.45) is 0. The van der Waals surface area contributed by atoms with E-state index in [2.05, 4.69) is 0 Å². The number of carboxylic acids is 1. The standard InChI is InChI=1S/C10H12O4S.C2H6/c1-7(2)15(13,14)9-6-4-3-5-8(9)10(11)12;1-2/h3-7H,1-2H3,(H,11,12);1-2H3. The Labute approximate surface area is 102 Å². The van der Waals surface area contributed by atoms with Gasteiger partial charge in [-0.1, -0.05) is 26.0 Å². The second-order valence-electron chi connectivity index (χ2n) is 3.40. The van der Waals surface area contributed by atoms with Crippen molar-refractivity contribution in [3.63, 3.8) is 0 Å². The van der Waals surface area contributed by atoms with Crippen molar-refractivity contribution in [2.45, 2.75) is 37.8 Å². The van der Waals surface area contributed by atoms with E-state index in [1.807, 2.05) is 13.8 Å². The van der Waals surface area contributed by atoms with Gasteiger partial charge < -0.3 is 5.11 Å². The first-order valence-corrected chi connectivity index (χ1v) is 6.98. The van der Waals surface area contributed by atoms with Crippen molar-refractivity contribution in [1.82, 2.24) is 0 Å². The Morgan fingerprint density at radius 3 is 2.06 bits per heavy atom. The van der Waals surface area contributed by atoms with Gasteiger partial charge in [0.2, 0.25) is 0 Å². The van der Waals surface area contributed by atoms with Gasteiger partial charge in [-0.3, -0.25) is 0 Å². The third-order valence-electron chi connectivity index (χ3n) is 2.04. The Morgan fingerprint density at radius 1 is 1.18 bits per heavy atom. The van der Waals surface area contributed by atoms with Crippen molar-refractivity contribution < 1.29 is 18.3 Å². The number of rotatable bonds is 3. The summed E-state index contributed by atoms with van der Waals surface area (Å²) in [5, 5.41) is 8.22. The van der Waals surface area contributed by atoms with Crippen molar-refractivity contribution in [3.8, 4) is 0 Å². The van der Waals surface area contributed by atoms with Crippen molar-refractivity contribution in [2.24, 2.45) is 0 Å². The molecule has 0 atom stereocenters. The Bertz CT molecular complexity index is 475. The van der Waals surface area contributed by atoms with Gasteiger partial charge in [0.05, 0.1) is 15.7 Å². The van der Waals surface area contributed by atoms with Crippen LogP contribution in [0.4, 0.5) is 0 Å². The topological polar surface area (TPSA) is 71.4 Å². The minimum absolute atomic E-state index is 0.118. The molecule has 0 unspecified atom stereocenters. The Balaban J connectivity index is 0.00000121. The van der Waals surface area contributed by atoms with Crippen molar-refractivity contribution in [2.75, 3.05) is 0 Å². The summed E-state index contributed by atoms with van der Waals surface area (Å²) >= 11 is 0. The zero-order valence-corrected chi connectivity index (χ0v) is 11.3. The zero-order chi connectivity index (χ0) is 13.6. The Hall–Kier alpha value is -1.36. The molecule has 0 bridgehead atoms. The molecule has 0 aliphatic rings. The zero-order valence-electron chi connectivity index (χ0n) is 10.5. The summed E-state index contributed by atoms with van der Waals surface area (Å²) in [6, 6.07) is 5.63. The maximum Gasteiger partial charge on any atom is 0.337 e. The van der Waals surface area contributed by atoms with Crippen LogP contribution in [-0.2, 0) is 9.84 Å². The molecule has 0 amide bonds. The van der Waals surface area contributed by atoms with Gasteiger partial charge in [0, 0.05) is 0 Å². The van der Waals surface area contributed by atoms with Crippen LogP contribution in [0.15, 0.2) is 29.2 Å². The van der Waals surface area contributed by atoms with Gasteiger partial charge in [-0.05, 0) is 26.0 Å². The van der Waals surface area contributed by atoms with Crippen LogP contribution in [0.3, 0.4) is 0 Å². The molecule has 0 saturated carbocycles. The lowest BCUT2D eigenvalue weighted by molar-refractivity contribution is 0.0692. The molecular formula is C12H18O4S. The van der Waals surface area contributed by atoms with Crippen LogP contribution in [0.2, 0.25) is 0 Å². The maximum atomic E-state index is 11.8. The molecule has 17 heavy (non-hydrogen) atoms. The maximum absolute atomic E-state index is 11.8. The fourth-order valence-corrected chi connectivity index (χ4v) is 2.38. The molecule has 0 saturated heterocycles. The average molecular weight is 258 g/mol. The van der Waals surface area contributed by atoms with E-state index in [-0.39, 0.29) is 10.5 Å². The molecule has 0 aliphatic carbocycles. The molecular weight excluding hydrogens is 240 g/mol. The molecule has 0 spiro atoms. The summed E-state index contributed by atoms with van der Waals surface area (Å²) in [7, 11) is -3.53. The van der Waals surface area contributed by atoms with Crippen LogP contribution in [-0.4, -0.2) is 24.7 Å². The number of hydrogen-bond acceptors (Lipinski definition) is 3. The number of hydrogen-bond donors (Lipinski definition) is 1. The normalized spacial score (nSPS) is 10.6. The van der Waals surface area contributed by atoms with Crippen LogP contribution in [0.25, 0.3) is 0 Å². The number of aromatic carboxylic acids is 1. The molecule has 1 aromatic rings. The van der Waals surface area contributed by atoms with E-state index in [0.29, 0.717) is 0 Å². The van der Waals surface area contributed by atoms with Crippen LogP contribution in [0, 0.1) is 0 Å². The number of benzene rings is 1. The van der Waals surface area contributed by atoms with E-state index >= 15 is 0 Å². The van der Waals surface area contributed by atoms with Crippen LogP contribution < -0.4 is 0 Å². The van der Waals surface area contributed by atoms with E-state index in [9.17, 15) is 13.2 Å². The number of carbonyl (C=O) groups is 1. The third-order valence-corrected chi connectivity index (χ3v) is 4.25. The van der Waals surface area contributed by atoms with Crippen LogP contribution in [0.5, 0.6) is 0 Å². The highest BCUT2D eigenvalue weighted by atomic mass is 32.2. The minimum atomic E-state index is -3.53. The fourth-order valence-electron chi connectivity index (χ4n) is 1.15. The summed E-state index contributed by atoms with van der Waals surface area (Å²) in [5.74, 6) is -1.23. The first kappa shape index (κ1) is 15.6. The smallest absolute Gasteiger partial charge is 0.337 e. The third kappa shape index (κ3) is 3.56. The van der Waals surface area contributed by atoms with E-state index in [1.54, 1.807) is 0 Å². The van der Waals surface area contributed by atoms with Gasteiger partial charge in [-0.15, -0.1) is 0 Å². The number of sulfone groups is 1. The van der Waals surface area contributed by atoms with Crippen LogP contribution in [0.1, 0.15) is 38.1 Å². The van der Waals surface area contributed by atoms with E-state index in [1.165, 1.54) is 38.1 Å². The monoisotopic (exact) mass is 258 g/mol. The second kappa shape index (κ2) is 6.39. The molecule has 96 valence electrons. The highest BCUT2D eigenvalue weighted by molar-refractivity contribution is 7.92. The molecule has 0 heterocycles. The first-order valence-electron chi connectivity index (χ1n) is 5.43. The summed E-state index contributed by atoms with van der Waals surface area (Å²) in [6.45, 7) is 7.04. The van der Waals surface area contributed by atoms with Crippen molar-refractivity contribution in [1.29, 1.82) is 0 Å². The van der Waals surface area contributed by atoms with Crippen molar-refractivity contribution >= 4 is 15.8 Å². The summed E-state index contributed by atoms with van der Waals surface area (Å²) in [5.41, 5.74) is -0.175. The quantitative estimate of drug-likeness (QED) is 0.904. The van der Waals surface area contributed by atoms with E-state index < -0.39 is 21.1 Å². The first-order chi connectivity index (χ1) is 7.87. The fraction of sp³-hybridized carbons (Fsp3) is 0.417. The highest BCUT2D eigenvalue weighted by Gasteiger charge is 2.24. The molecule has 1 aromatic carbocycles. The molecule has 4 nitrogen and oxygen atoms in total. The SMILES string of the molecule is CC.CC(C)S(=O)(=O)c1ccccc1C(=O)O. The Morgan fingerprint density at radius 2 is 1.65 bits per heavy atom. The predicted molar refractivity (Wildman–Crippen MR) is 67.1 cm³/mol. The second-order valence-corrected chi connectivity index (χ2v) is 5.87. The molecule has 1 N–H and O–H groups in total. The molecule has 0 fully saturated rings. The van der Waals surface area contributed by atoms with E-state index in [4.69, 9.17) is 5.11 Å². The predicted octanol–water partition coefficient (Wildman–Crippen LogP) is 2.59. The molecule has 5 heteroatoms. The van der Waals surface area contributed by atoms with Crippen LogP contribution >= 0.6 is 0 Å². The van der Waals surface area contributed by atoms with Gasteiger partial charge in [-0.25, -0.2) is 13.2 Å². The molecule has 0 aromatic heterocycles. The lowest BCUT2D eigenvalue weighted by atomic mass is 10.2. The van der Waals surface area contributed by atoms with Gasteiger partial charge in [0.25, 0.3) is 0 Å². The summed E-state index contributed by atoms with van der Waals surface area (Å²) < 4.78 is 23.6. The number of carboxylic acid groups (broad SMARTS) is 1. The minimum Gasteiger partial charge on any atom is -0.478 e. The van der Waals surface area contributed by atoms with Crippen molar-refractivity contribution in [3.05, 3.63) is 29.8 Å². The largest absolute Gasteiger partial charge is 0.478 e. The van der Waals surface area contributed by atoms with Gasteiger partial charge >= 0.3 is 5.97 Å².